The molecule has 1 aromatic heterocycles. The van der Waals surface area contributed by atoms with Gasteiger partial charge in [-0.15, -0.1) is 0 Å². The van der Waals surface area contributed by atoms with Crippen molar-refractivity contribution in [1.82, 2.24) is 10.4 Å². The number of thioether (sulfide) groups is 1. The molecule has 0 radical (unpaired) electrons. The number of aromatic nitrogens is 1. The van der Waals surface area contributed by atoms with Crippen molar-refractivity contribution in [2.24, 2.45) is 5.84 Å². The normalized spacial score (nSPS) is 22.9. The van der Waals surface area contributed by atoms with Gasteiger partial charge in [-0.2, -0.15) is 11.8 Å². The number of hydrazine groups is 1. The van der Waals surface area contributed by atoms with Crippen LogP contribution in [0, 0.1) is 0 Å². The van der Waals surface area contributed by atoms with Crippen molar-refractivity contribution in [2.75, 3.05) is 23.8 Å². The van der Waals surface area contributed by atoms with Gasteiger partial charge in [0.15, 0.2) is 0 Å². The molecule has 2 atom stereocenters. The second-order valence-electron chi connectivity index (χ2n) is 3.63. The lowest BCUT2D eigenvalue weighted by Crippen LogP contribution is -2.41. The Morgan fingerprint density at radius 2 is 2.50 bits per heavy atom. The minimum Gasteiger partial charge on any atom is -0.398 e. The van der Waals surface area contributed by atoms with E-state index in [0.717, 1.165) is 23.7 Å². The summed E-state index contributed by atoms with van der Waals surface area (Å²) in [6.07, 6.45) is 3.46. The summed E-state index contributed by atoms with van der Waals surface area (Å²) in [5.41, 5.74) is 10.3. The van der Waals surface area contributed by atoms with Crippen LogP contribution in [0.5, 0.6) is 0 Å². The SMILES string of the molecule is NNC(c1cnccc1N)C1CSCCO1. The molecule has 1 saturated heterocycles. The smallest absolute Gasteiger partial charge is 0.0874 e. The summed E-state index contributed by atoms with van der Waals surface area (Å²) in [6.45, 7) is 0.758. The first-order chi connectivity index (χ1) is 7.83. The molecule has 1 aliphatic heterocycles. The minimum atomic E-state index is -0.0958. The van der Waals surface area contributed by atoms with Gasteiger partial charge in [0.05, 0.1) is 18.8 Å². The van der Waals surface area contributed by atoms with Crippen LogP contribution in [0.1, 0.15) is 11.6 Å². The van der Waals surface area contributed by atoms with Gasteiger partial charge in [0.25, 0.3) is 0 Å². The molecule has 0 spiro atoms. The number of anilines is 1. The summed E-state index contributed by atoms with van der Waals surface area (Å²) in [5, 5.41) is 0. The molecule has 1 aromatic rings. The highest BCUT2D eigenvalue weighted by Gasteiger charge is 2.26. The van der Waals surface area contributed by atoms with Crippen LogP contribution < -0.4 is 17.0 Å². The van der Waals surface area contributed by atoms with Crippen molar-refractivity contribution in [1.29, 1.82) is 0 Å². The van der Waals surface area contributed by atoms with E-state index in [0.29, 0.717) is 5.69 Å². The maximum absolute atomic E-state index is 5.91. The molecule has 1 fully saturated rings. The second-order valence-corrected chi connectivity index (χ2v) is 4.78. The molecule has 0 saturated carbocycles. The fourth-order valence-electron chi connectivity index (χ4n) is 1.77. The van der Waals surface area contributed by atoms with Gasteiger partial charge in [-0.25, -0.2) is 0 Å². The summed E-state index contributed by atoms with van der Waals surface area (Å²) >= 11 is 1.87. The number of ether oxygens (including phenoxy) is 1. The van der Waals surface area contributed by atoms with E-state index in [4.69, 9.17) is 16.3 Å². The van der Waals surface area contributed by atoms with E-state index in [1.807, 2.05) is 11.8 Å². The first-order valence-electron chi connectivity index (χ1n) is 5.18. The third kappa shape index (κ3) is 2.46. The Labute approximate surface area is 98.9 Å². The van der Waals surface area contributed by atoms with Crippen LogP contribution in [0.2, 0.25) is 0 Å². The van der Waals surface area contributed by atoms with Gasteiger partial charge in [0.2, 0.25) is 0 Å². The van der Waals surface area contributed by atoms with Gasteiger partial charge >= 0.3 is 0 Å². The molecule has 0 aliphatic carbocycles. The van der Waals surface area contributed by atoms with E-state index < -0.39 is 0 Å². The summed E-state index contributed by atoms with van der Waals surface area (Å²) in [5.74, 6) is 7.54. The Balaban J connectivity index is 2.18. The van der Waals surface area contributed by atoms with E-state index in [1.54, 1.807) is 18.5 Å². The lowest BCUT2D eigenvalue weighted by molar-refractivity contribution is 0.0469. The number of hydrogen-bond donors (Lipinski definition) is 3. The minimum absolute atomic E-state index is 0.0512. The number of rotatable bonds is 3. The van der Waals surface area contributed by atoms with Gasteiger partial charge < -0.3 is 10.5 Å². The van der Waals surface area contributed by atoms with Gasteiger partial charge in [-0.3, -0.25) is 16.3 Å². The summed E-state index contributed by atoms with van der Waals surface area (Å²) < 4.78 is 5.69. The fourth-order valence-corrected chi connectivity index (χ4v) is 2.67. The highest BCUT2D eigenvalue weighted by Crippen LogP contribution is 2.27. The first-order valence-corrected chi connectivity index (χ1v) is 6.33. The molecule has 16 heavy (non-hydrogen) atoms. The molecule has 88 valence electrons. The summed E-state index contributed by atoms with van der Waals surface area (Å²) in [6, 6.07) is 1.68. The van der Waals surface area contributed by atoms with Gasteiger partial charge in [-0.1, -0.05) is 0 Å². The van der Waals surface area contributed by atoms with Crippen LogP contribution in [0.25, 0.3) is 0 Å². The maximum Gasteiger partial charge on any atom is 0.0874 e. The van der Waals surface area contributed by atoms with Gasteiger partial charge in [-0.05, 0) is 6.07 Å². The topological polar surface area (TPSA) is 86.2 Å². The molecule has 0 aromatic carbocycles. The van der Waals surface area contributed by atoms with Gasteiger partial charge in [0, 0.05) is 35.2 Å². The number of nitrogens with two attached hydrogens (primary N) is 2. The zero-order valence-electron chi connectivity index (χ0n) is 8.93. The Morgan fingerprint density at radius 3 is 3.12 bits per heavy atom. The Kier molecular flexibility index (Phi) is 4.00. The van der Waals surface area contributed by atoms with Crippen LogP contribution in [0.4, 0.5) is 5.69 Å². The van der Waals surface area contributed by atoms with Crippen LogP contribution >= 0.6 is 11.8 Å². The Bertz CT molecular complexity index is 343. The van der Waals surface area contributed by atoms with Crippen molar-refractivity contribution in [3.63, 3.8) is 0 Å². The predicted octanol–water partition coefficient (Wildman–Crippen LogP) is 0.300. The summed E-state index contributed by atoms with van der Waals surface area (Å²) in [4.78, 5) is 4.07. The molecule has 0 bridgehead atoms. The number of nitrogens with one attached hydrogen (secondary N) is 1. The highest BCUT2D eigenvalue weighted by atomic mass is 32.2. The molecule has 5 nitrogen and oxygen atoms in total. The monoisotopic (exact) mass is 240 g/mol. The number of nitrogens with zero attached hydrogens (tertiary/aromatic N) is 1. The molecule has 0 amide bonds. The van der Waals surface area contributed by atoms with E-state index >= 15 is 0 Å². The van der Waals surface area contributed by atoms with Crippen molar-refractivity contribution >= 4 is 17.4 Å². The van der Waals surface area contributed by atoms with Gasteiger partial charge in [0.1, 0.15) is 0 Å². The van der Waals surface area contributed by atoms with Crippen molar-refractivity contribution < 1.29 is 4.74 Å². The average molecular weight is 240 g/mol. The highest BCUT2D eigenvalue weighted by molar-refractivity contribution is 7.99. The molecule has 1 aliphatic rings. The quantitative estimate of drug-likeness (QED) is 0.520. The summed E-state index contributed by atoms with van der Waals surface area (Å²) in [7, 11) is 0. The lowest BCUT2D eigenvalue weighted by atomic mass is 10.0. The molecule has 2 unspecified atom stereocenters. The lowest BCUT2D eigenvalue weighted by Gasteiger charge is -2.30. The molecule has 5 N–H and O–H groups in total. The largest absolute Gasteiger partial charge is 0.398 e. The third-order valence-corrected chi connectivity index (χ3v) is 3.63. The zero-order chi connectivity index (χ0) is 11.4. The Hall–Kier alpha value is -0.820. The second kappa shape index (κ2) is 5.49. The number of nitrogen functional groups attached to an aromatic ring is 1. The van der Waals surface area contributed by atoms with Crippen LogP contribution in [-0.2, 0) is 4.74 Å². The predicted molar refractivity (Wildman–Crippen MR) is 65.8 cm³/mol. The van der Waals surface area contributed by atoms with E-state index in [-0.39, 0.29) is 12.1 Å². The molecular formula is C10H16N4OS. The molecule has 2 heterocycles. The third-order valence-electron chi connectivity index (χ3n) is 2.62. The van der Waals surface area contributed by atoms with Crippen molar-refractivity contribution in [3.8, 4) is 0 Å². The average Bonchev–Trinajstić information content (AvgIpc) is 2.34. The fraction of sp³-hybridized carbons (Fsp3) is 0.500. The first kappa shape index (κ1) is 11.7. The van der Waals surface area contributed by atoms with Crippen LogP contribution in [-0.4, -0.2) is 29.2 Å². The standard InChI is InChI=1S/C10H16N4OS/c11-8-1-2-13-5-7(8)10(14-12)9-6-16-4-3-15-9/h1-2,5,9-10,14H,3-4,6,12H2,(H2,11,13). The van der Waals surface area contributed by atoms with E-state index in [9.17, 15) is 0 Å². The molecule has 2 rings (SSSR count). The van der Waals surface area contributed by atoms with E-state index in [2.05, 4.69) is 10.4 Å². The molecular weight excluding hydrogens is 224 g/mol. The van der Waals surface area contributed by atoms with Crippen LogP contribution in [0.15, 0.2) is 18.5 Å². The number of hydrogen-bond acceptors (Lipinski definition) is 6. The van der Waals surface area contributed by atoms with Crippen molar-refractivity contribution in [2.45, 2.75) is 12.1 Å². The Morgan fingerprint density at radius 1 is 1.62 bits per heavy atom. The zero-order valence-corrected chi connectivity index (χ0v) is 9.74. The maximum atomic E-state index is 5.91. The molecule has 6 heteroatoms. The van der Waals surface area contributed by atoms with Crippen LogP contribution in [0.3, 0.4) is 0 Å². The number of pyridine rings is 1. The van der Waals surface area contributed by atoms with Crippen molar-refractivity contribution in [3.05, 3.63) is 24.0 Å². The van der Waals surface area contributed by atoms with E-state index in [1.165, 1.54) is 0 Å².